The highest BCUT2D eigenvalue weighted by Crippen LogP contribution is 2.23. The Morgan fingerprint density at radius 1 is 1.05 bits per heavy atom. The van der Waals surface area contributed by atoms with E-state index in [1.54, 1.807) is 6.07 Å². The predicted molar refractivity (Wildman–Crippen MR) is 73.7 cm³/mol. The molecule has 0 aliphatic carbocycles. The van der Waals surface area contributed by atoms with Gasteiger partial charge in [-0.1, -0.05) is 6.07 Å². The molecule has 0 aromatic heterocycles. The van der Waals surface area contributed by atoms with E-state index in [-0.39, 0.29) is 5.56 Å². The molecule has 0 saturated carbocycles. The van der Waals surface area contributed by atoms with Crippen LogP contribution in [-0.2, 0) is 6.42 Å². The molecule has 0 aliphatic rings. The van der Waals surface area contributed by atoms with Crippen molar-refractivity contribution in [2.45, 2.75) is 6.42 Å². The lowest BCUT2D eigenvalue weighted by Gasteiger charge is -2.09. The number of benzene rings is 2. The number of carbonyl (C=O) groups is 1. The van der Waals surface area contributed by atoms with Crippen molar-refractivity contribution in [3.63, 3.8) is 0 Å². The monoisotopic (exact) mass is 394 g/mol. The molecule has 2 aromatic rings. The Morgan fingerprint density at radius 3 is 2.35 bits per heavy atom. The highest BCUT2D eigenvalue weighted by atomic mass is 127. The Bertz CT molecular complexity index is 685. The van der Waals surface area contributed by atoms with Crippen molar-refractivity contribution in [3.05, 3.63) is 68.0 Å². The Hall–Kier alpha value is -1.44. The zero-order valence-electron chi connectivity index (χ0n) is 9.89. The van der Waals surface area contributed by atoms with Gasteiger partial charge in [-0.05, 0) is 52.4 Å². The van der Waals surface area contributed by atoms with Gasteiger partial charge in [-0.2, -0.15) is 4.39 Å². The van der Waals surface area contributed by atoms with Crippen molar-refractivity contribution in [1.82, 2.24) is 0 Å². The maximum atomic E-state index is 13.7. The van der Waals surface area contributed by atoms with Crippen molar-refractivity contribution in [2.24, 2.45) is 0 Å². The first-order valence-electron chi connectivity index (χ1n) is 5.50. The van der Waals surface area contributed by atoms with Crippen LogP contribution >= 0.6 is 22.6 Å². The van der Waals surface area contributed by atoms with Crippen molar-refractivity contribution in [2.75, 3.05) is 0 Å². The summed E-state index contributed by atoms with van der Waals surface area (Å²) >= 11 is 1.89. The van der Waals surface area contributed by atoms with E-state index in [2.05, 4.69) is 0 Å². The fraction of sp³-hybridized carbons (Fsp3) is 0.0714. The molecule has 0 fully saturated rings. The maximum Gasteiger partial charge on any atom is 0.332 e. The van der Waals surface area contributed by atoms with Gasteiger partial charge in [0.05, 0.1) is 5.56 Å². The zero-order valence-corrected chi connectivity index (χ0v) is 12.0. The van der Waals surface area contributed by atoms with Gasteiger partial charge in [-0.3, -0.25) is 4.79 Å². The molecular formula is C14H7F4IO. The minimum Gasteiger partial charge on any atom is -0.255 e. The van der Waals surface area contributed by atoms with Crippen LogP contribution in [0.4, 0.5) is 17.6 Å². The third-order valence-corrected chi connectivity index (χ3v) is 3.46. The van der Waals surface area contributed by atoms with Crippen molar-refractivity contribution in [3.8, 4) is 0 Å². The molecule has 0 atom stereocenters. The summed E-state index contributed by atoms with van der Waals surface area (Å²) in [6, 6.07) is 3.80. The molecule has 1 nitrogen and oxygen atoms in total. The van der Waals surface area contributed by atoms with Crippen LogP contribution in [0.3, 0.4) is 0 Å². The van der Waals surface area contributed by atoms with Crippen molar-refractivity contribution >= 4 is 28.6 Å². The highest BCUT2D eigenvalue weighted by molar-refractivity contribution is 14.1. The fourth-order valence-electron chi connectivity index (χ4n) is 1.81. The molecule has 2 rings (SSSR count). The average Bonchev–Trinajstić information content (AvgIpc) is 2.37. The number of rotatable bonds is 3. The molecule has 0 amide bonds. The van der Waals surface area contributed by atoms with Crippen molar-refractivity contribution in [1.29, 1.82) is 0 Å². The van der Waals surface area contributed by atoms with Crippen LogP contribution in [0.1, 0.15) is 21.5 Å². The molecule has 0 bridgehead atoms. The van der Waals surface area contributed by atoms with Gasteiger partial charge in [0.15, 0.2) is 11.6 Å². The third-order valence-electron chi connectivity index (χ3n) is 2.79. The second kappa shape index (κ2) is 5.90. The molecule has 0 saturated heterocycles. The van der Waals surface area contributed by atoms with Crippen LogP contribution in [0.2, 0.25) is 0 Å². The normalized spacial score (nSPS) is 10.7. The van der Waals surface area contributed by atoms with E-state index >= 15 is 0 Å². The molecule has 0 spiro atoms. The molecule has 0 radical (unpaired) electrons. The fourth-order valence-corrected chi connectivity index (χ4v) is 2.26. The largest absolute Gasteiger partial charge is 0.332 e. The molecule has 2 aromatic carbocycles. The van der Waals surface area contributed by atoms with Crippen molar-refractivity contribution < 1.29 is 22.4 Å². The lowest BCUT2D eigenvalue weighted by atomic mass is 9.99. The minimum atomic E-state index is -1.88. The Balaban J connectivity index is 2.52. The molecular weight excluding hydrogens is 387 g/mol. The van der Waals surface area contributed by atoms with E-state index in [0.29, 0.717) is 9.64 Å². The van der Waals surface area contributed by atoms with Crippen LogP contribution < -0.4 is 0 Å². The van der Waals surface area contributed by atoms with Gasteiger partial charge >= 0.3 is 6.04 Å². The lowest BCUT2D eigenvalue weighted by Crippen LogP contribution is -2.06. The summed E-state index contributed by atoms with van der Waals surface area (Å²) in [5.41, 5.74) is -1.03. The first-order valence-corrected chi connectivity index (χ1v) is 6.58. The molecule has 0 heterocycles. The quantitative estimate of drug-likeness (QED) is 0.428. The summed E-state index contributed by atoms with van der Waals surface area (Å²) in [6.45, 7) is 0. The average molecular weight is 394 g/mol. The molecule has 6 heteroatoms. The second-order valence-corrected chi connectivity index (χ2v) is 5.32. The van der Waals surface area contributed by atoms with Crippen LogP contribution in [0.15, 0.2) is 30.3 Å². The molecule has 0 unspecified atom stereocenters. The molecule has 0 N–H and O–H groups in total. The Labute approximate surface area is 125 Å². The van der Waals surface area contributed by atoms with Gasteiger partial charge in [0.2, 0.25) is 0 Å². The first-order chi connectivity index (χ1) is 9.40. The predicted octanol–water partition coefficient (Wildman–Crippen LogP) is 4.41. The number of hydrogen-bond acceptors (Lipinski definition) is 1. The number of halogens is 5. The van der Waals surface area contributed by atoms with Gasteiger partial charge in [-0.15, -0.1) is 0 Å². The summed E-state index contributed by atoms with van der Waals surface area (Å²) in [5.74, 6) is -3.18. The van der Waals surface area contributed by atoms with E-state index in [0.717, 1.165) is 6.07 Å². The minimum absolute atomic E-state index is 0.0532. The second-order valence-electron chi connectivity index (χ2n) is 4.07. The van der Waals surface area contributed by atoms with E-state index < -0.39 is 41.0 Å². The van der Waals surface area contributed by atoms with E-state index in [4.69, 9.17) is 0 Å². The molecule has 0 aliphatic heterocycles. The van der Waals surface area contributed by atoms with Crippen LogP contribution in [-0.4, -0.2) is 6.04 Å². The Kier molecular flexibility index (Phi) is 4.42. The van der Waals surface area contributed by atoms with E-state index in [1.807, 2.05) is 22.6 Å². The lowest BCUT2D eigenvalue weighted by molar-refractivity contribution is 0.0834. The number of hydrogen-bond donors (Lipinski definition) is 0. The SMILES string of the molecule is O=C(F)c1ccc(F)c(F)c1Cc1ccc(I)cc1F. The smallest absolute Gasteiger partial charge is 0.255 e. The van der Waals surface area contributed by atoms with Gasteiger partial charge in [0.25, 0.3) is 0 Å². The highest BCUT2D eigenvalue weighted by Gasteiger charge is 2.19. The summed E-state index contributed by atoms with van der Waals surface area (Å²) in [4.78, 5) is 10.8. The van der Waals surface area contributed by atoms with Gasteiger partial charge in [-0.25, -0.2) is 13.2 Å². The third kappa shape index (κ3) is 3.00. The van der Waals surface area contributed by atoms with Crippen LogP contribution in [0.25, 0.3) is 0 Å². The summed E-state index contributed by atoms with van der Waals surface area (Å²) in [7, 11) is 0. The van der Waals surface area contributed by atoms with Crippen LogP contribution in [0.5, 0.6) is 0 Å². The topological polar surface area (TPSA) is 17.1 Å². The van der Waals surface area contributed by atoms with Crippen LogP contribution in [0, 0.1) is 21.0 Å². The first kappa shape index (κ1) is 15.0. The summed E-state index contributed by atoms with van der Waals surface area (Å²) < 4.78 is 54.1. The zero-order chi connectivity index (χ0) is 14.9. The standard InChI is InChI=1S/C14H7F4IO/c15-11-4-3-9(14(18)20)10(13(11)17)5-7-1-2-8(19)6-12(7)16/h1-4,6H,5H2. The summed E-state index contributed by atoms with van der Waals surface area (Å²) in [6.07, 6.45) is -0.405. The van der Waals surface area contributed by atoms with Gasteiger partial charge in [0, 0.05) is 15.6 Å². The number of carbonyl (C=O) groups excluding carboxylic acids is 1. The van der Waals surface area contributed by atoms with E-state index in [9.17, 15) is 22.4 Å². The van der Waals surface area contributed by atoms with E-state index in [1.165, 1.54) is 12.1 Å². The van der Waals surface area contributed by atoms with Gasteiger partial charge in [0.1, 0.15) is 5.82 Å². The maximum absolute atomic E-state index is 13.7. The summed E-state index contributed by atoms with van der Waals surface area (Å²) in [5, 5.41) is 0. The molecule has 20 heavy (non-hydrogen) atoms. The molecule has 104 valence electrons. The van der Waals surface area contributed by atoms with Gasteiger partial charge < -0.3 is 0 Å². The Morgan fingerprint density at radius 2 is 1.75 bits per heavy atom.